The summed E-state index contributed by atoms with van der Waals surface area (Å²) in [5.41, 5.74) is -0.551. The third kappa shape index (κ3) is 7.06. The van der Waals surface area contributed by atoms with E-state index in [4.69, 9.17) is 4.74 Å². The van der Waals surface area contributed by atoms with Crippen molar-refractivity contribution in [1.82, 2.24) is 9.88 Å². The number of rotatable bonds is 7. The molecule has 1 aliphatic rings. The van der Waals surface area contributed by atoms with Crippen LogP contribution in [0.3, 0.4) is 0 Å². The first-order valence-corrected chi connectivity index (χ1v) is 12.5. The highest BCUT2D eigenvalue weighted by atomic mass is 19.4. The van der Waals surface area contributed by atoms with Crippen LogP contribution in [0.15, 0.2) is 55.0 Å². The summed E-state index contributed by atoms with van der Waals surface area (Å²) in [6.07, 6.45) is -6.39. The summed E-state index contributed by atoms with van der Waals surface area (Å²) < 4.78 is 88.2. The highest BCUT2D eigenvalue weighted by Gasteiger charge is 2.48. The number of halogens is 6. The smallest absolute Gasteiger partial charge is 0.418 e. The summed E-state index contributed by atoms with van der Waals surface area (Å²) in [4.78, 5) is 18.4. The number of pyridine rings is 2. The van der Waals surface area contributed by atoms with E-state index in [0.29, 0.717) is 11.8 Å². The average Bonchev–Trinajstić information content (AvgIpc) is 2.89. The topological polar surface area (TPSA) is 102 Å². The monoisotopic (exact) mass is 584 g/mol. The van der Waals surface area contributed by atoms with Crippen molar-refractivity contribution in [2.45, 2.75) is 50.4 Å². The second-order valence-corrected chi connectivity index (χ2v) is 9.85. The Balaban J connectivity index is 1.45. The first-order chi connectivity index (χ1) is 19.1. The fraction of sp³-hybridized carbons (Fsp3) is 0.370. The molecule has 14 heteroatoms. The van der Waals surface area contributed by atoms with Gasteiger partial charge in [-0.15, -0.1) is 0 Å². The molecule has 1 fully saturated rings. The molecule has 41 heavy (non-hydrogen) atoms. The van der Waals surface area contributed by atoms with Crippen molar-refractivity contribution < 1.29 is 45.7 Å². The van der Waals surface area contributed by atoms with Gasteiger partial charge < -0.3 is 20.4 Å². The van der Waals surface area contributed by atoms with Gasteiger partial charge in [-0.25, -0.2) is 18.2 Å². The minimum absolute atomic E-state index is 0.0137. The van der Waals surface area contributed by atoms with Gasteiger partial charge in [-0.2, -0.15) is 17.9 Å². The highest BCUT2D eigenvalue weighted by Crippen LogP contribution is 2.42. The van der Waals surface area contributed by atoms with E-state index in [2.05, 4.69) is 10.3 Å². The van der Waals surface area contributed by atoms with Crippen LogP contribution in [-0.4, -0.2) is 52.1 Å². The molecular formula is C27H26F6N4O4. The van der Waals surface area contributed by atoms with Crippen molar-refractivity contribution in [3.05, 3.63) is 82.7 Å². The van der Waals surface area contributed by atoms with E-state index in [1.54, 1.807) is 13.0 Å². The van der Waals surface area contributed by atoms with Crippen LogP contribution in [0.25, 0.3) is 0 Å². The second kappa shape index (κ2) is 11.5. The zero-order chi connectivity index (χ0) is 30.1. The SMILES string of the molecule is Cc1ccc(Oc2ccc(NC(=O)C(C)N3CCC(F)(F)C(c4cc(C(O)C(F)(F)F)c[n+]([O-])c4)C3)nc2)c(F)c1. The zero-order valence-electron chi connectivity index (χ0n) is 21.8. The van der Waals surface area contributed by atoms with Gasteiger partial charge in [-0.3, -0.25) is 9.69 Å². The maximum Gasteiger partial charge on any atom is 0.418 e. The molecule has 8 nitrogen and oxygen atoms in total. The number of aryl methyl sites for hydroxylation is 1. The Labute approximate surface area is 230 Å². The summed E-state index contributed by atoms with van der Waals surface area (Å²) in [6, 6.07) is 7.06. The van der Waals surface area contributed by atoms with E-state index in [0.717, 1.165) is 12.3 Å². The maximum atomic E-state index is 14.9. The lowest BCUT2D eigenvalue weighted by atomic mass is 9.86. The van der Waals surface area contributed by atoms with Crippen LogP contribution < -0.4 is 14.8 Å². The van der Waals surface area contributed by atoms with Crippen LogP contribution in [-0.2, 0) is 4.79 Å². The highest BCUT2D eigenvalue weighted by molar-refractivity contribution is 5.93. The van der Waals surface area contributed by atoms with Crippen molar-refractivity contribution in [3.8, 4) is 11.5 Å². The Morgan fingerprint density at radius 2 is 1.98 bits per heavy atom. The lowest BCUT2D eigenvalue weighted by Gasteiger charge is -2.40. The molecule has 2 aromatic heterocycles. The maximum absolute atomic E-state index is 14.9. The molecule has 1 amide bonds. The van der Waals surface area contributed by atoms with Gasteiger partial charge in [0.05, 0.1) is 23.7 Å². The Morgan fingerprint density at radius 1 is 1.24 bits per heavy atom. The number of nitrogens with zero attached hydrogens (tertiary/aromatic N) is 3. The normalized spacial score (nSPS) is 18.9. The third-order valence-corrected chi connectivity index (χ3v) is 6.80. The van der Waals surface area contributed by atoms with Crippen LogP contribution in [0.4, 0.5) is 32.2 Å². The number of amides is 1. The zero-order valence-corrected chi connectivity index (χ0v) is 21.8. The molecule has 0 bridgehead atoms. The van der Waals surface area contributed by atoms with E-state index in [1.807, 2.05) is 0 Å². The van der Waals surface area contributed by atoms with E-state index in [-0.39, 0.29) is 28.6 Å². The third-order valence-electron chi connectivity index (χ3n) is 6.80. The fourth-order valence-corrected chi connectivity index (χ4v) is 4.48. The lowest BCUT2D eigenvalue weighted by Crippen LogP contribution is -2.52. The van der Waals surface area contributed by atoms with E-state index >= 15 is 0 Å². The van der Waals surface area contributed by atoms with Gasteiger partial charge in [0.2, 0.25) is 5.91 Å². The van der Waals surface area contributed by atoms with E-state index in [1.165, 1.54) is 42.3 Å². The Bertz CT molecular complexity index is 1400. The number of nitrogens with one attached hydrogen (secondary N) is 1. The molecule has 1 aromatic carbocycles. The summed E-state index contributed by atoms with van der Waals surface area (Å²) in [7, 11) is 0. The van der Waals surface area contributed by atoms with Crippen LogP contribution in [0.1, 0.15) is 42.1 Å². The number of hydrogen-bond acceptors (Lipinski definition) is 6. The number of anilines is 1. The van der Waals surface area contributed by atoms with E-state index < -0.39 is 66.0 Å². The first-order valence-electron chi connectivity index (χ1n) is 12.5. The number of aliphatic hydroxyl groups is 1. The largest absolute Gasteiger partial charge is 0.619 e. The molecule has 3 heterocycles. The molecule has 4 rings (SSSR count). The summed E-state index contributed by atoms with van der Waals surface area (Å²) in [6.45, 7) is 2.54. The van der Waals surface area contributed by atoms with Gasteiger partial charge >= 0.3 is 6.18 Å². The summed E-state index contributed by atoms with van der Waals surface area (Å²) in [5.74, 6) is -5.97. The van der Waals surface area contributed by atoms with E-state index in [9.17, 15) is 41.5 Å². The number of hydrogen-bond donors (Lipinski definition) is 2. The number of aromatic nitrogens is 2. The van der Waals surface area contributed by atoms with Crippen LogP contribution in [0, 0.1) is 17.9 Å². The number of carbonyl (C=O) groups is 1. The van der Waals surface area contributed by atoms with Crippen molar-refractivity contribution in [3.63, 3.8) is 0 Å². The fourth-order valence-electron chi connectivity index (χ4n) is 4.48. The molecule has 0 saturated carbocycles. The summed E-state index contributed by atoms with van der Waals surface area (Å²) >= 11 is 0. The minimum Gasteiger partial charge on any atom is -0.619 e. The van der Waals surface area contributed by atoms with Crippen LogP contribution >= 0.6 is 0 Å². The van der Waals surface area contributed by atoms with Crippen molar-refractivity contribution in [2.75, 3.05) is 18.4 Å². The minimum atomic E-state index is -5.10. The number of carbonyl (C=O) groups excluding carboxylic acids is 1. The molecule has 220 valence electrons. The van der Waals surface area contributed by atoms with Crippen LogP contribution in [0.2, 0.25) is 0 Å². The summed E-state index contributed by atoms with van der Waals surface area (Å²) in [5, 5.41) is 24.1. The Morgan fingerprint density at radius 3 is 2.61 bits per heavy atom. The lowest BCUT2D eigenvalue weighted by molar-refractivity contribution is -0.606. The van der Waals surface area contributed by atoms with Gasteiger partial charge in [0, 0.05) is 25.1 Å². The van der Waals surface area contributed by atoms with Crippen LogP contribution in [0.5, 0.6) is 11.5 Å². The molecule has 0 spiro atoms. The van der Waals surface area contributed by atoms with Gasteiger partial charge in [-0.1, -0.05) is 6.07 Å². The molecule has 0 aliphatic carbocycles. The second-order valence-electron chi connectivity index (χ2n) is 9.85. The number of ether oxygens (including phenoxy) is 1. The van der Waals surface area contributed by atoms with Gasteiger partial charge in [-0.05, 0) is 49.7 Å². The molecule has 1 saturated heterocycles. The molecule has 3 unspecified atom stereocenters. The molecular weight excluding hydrogens is 558 g/mol. The standard InChI is InChI=1S/C27H26F6N4O4/c1-15-3-5-22(21(28)9-15)41-19-4-6-23(34-11-19)35-25(39)16(2)36-8-7-26(29,30)20(14-36)17-10-18(13-37(40)12-17)24(38)27(31,32)33/h3-6,9-13,16,20,24,38H,7-8,14H2,1-2H3,(H,34,35,39). The van der Waals surface area contributed by atoms with Crippen molar-refractivity contribution in [2.24, 2.45) is 0 Å². The van der Waals surface area contributed by atoms with Crippen molar-refractivity contribution >= 4 is 11.7 Å². The molecule has 0 radical (unpaired) electrons. The Hall–Kier alpha value is -3.91. The quantitative estimate of drug-likeness (QED) is 0.230. The molecule has 1 aliphatic heterocycles. The molecule has 3 aromatic rings. The van der Waals surface area contributed by atoms with Gasteiger partial charge in [0.25, 0.3) is 5.92 Å². The van der Waals surface area contributed by atoms with Gasteiger partial charge in [0.15, 0.2) is 30.1 Å². The number of aliphatic hydroxyl groups excluding tert-OH is 1. The first kappa shape index (κ1) is 30.1. The predicted molar refractivity (Wildman–Crippen MR) is 134 cm³/mol. The number of piperidine rings is 1. The predicted octanol–water partition coefficient (Wildman–Crippen LogP) is 5.00. The molecule has 2 N–H and O–H groups in total. The molecule has 3 atom stereocenters. The average molecular weight is 585 g/mol. The Kier molecular flexibility index (Phi) is 8.45. The number of likely N-dealkylation sites (tertiary alicyclic amines) is 1. The number of benzene rings is 1. The number of alkyl halides is 5. The van der Waals surface area contributed by atoms with Crippen molar-refractivity contribution in [1.29, 1.82) is 0 Å². The van der Waals surface area contributed by atoms with Gasteiger partial charge in [0.1, 0.15) is 11.6 Å².